The number of β-lactam (4-membered cyclic amide) rings is 1. The van der Waals surface area contributed by atoms with Crippen molar-refractivity contribution < 1.29 is 33.9 Å². The minimum Gasteiger partial charge on any atom is -0.477 e. The van der Waals surface area contributed by atoms with Gasteiger partial charge in [-0.2, -0.15) is 0 Å². The number of thioether (sulfide) groups is 1. The average Bonchev–Trinajstić information content (AvgIpc) is 3.63. The standard InChI is InChI=1S/C33H27N5O7S2/c34-32(43)44-16-20-17-47-30-26(29(40)38(30)27(20)31(41)42)36-28(39)25(24-18-46-19-35-24)37-45-33(21-10-4-1-5-11-21,22-12-6-2-7-13-22)23-14-8-3-9-15-23/h1-15,18-19,26,30H,16-17H2,(H2,34,43)(H,36,39)(H,41,42)/t26?,30-/m0/s1. The molecule has 3 heterocycles. The number of carboxylic acids is 1. The first kappa shape index (κ1) is 31.5. The molecule has 2 aliphatic heterocycles. The Balaban J connectivity index is 1.35. The van der Waals surface area contributed by atoms with Gasteiger partial charge in [-0.15, -0.1) is 23.1 Å². The topological polar surface area (TPSA) is 174 Å². The number of fused-ring (bicyclic) bond motifs is 1. The van der Waals surface area contributed by atoms with Crippen molar-refractivity contribution >= 4 is 52.7 Å². The molecule has 2 aliphatic rings. The summed E-state index contributed by atoms with van der Waals surface area (Å²) in [5.41, 5.74) is 7.54. The summed E-state index contributed by atoms with van der Waals surface area (Å²) in [4.78, 5) is 62.3. The molecule has 4 aromatic rings. The number of hydrogen-bond donors (Lipinski definition) is 3. The van der Waals surface area contributed by atoms with E-state index in [0.717, 1.165) is 21.6 Å². The van der Waals surface area contributed by atoms with E-state index in [1.54, 1.807) is 10.9 Å². The zero-order valence-corrected chi connectivity index (χ0v) is 26.1. The quantitative estimate of drug-likeness (QED) is 0.0932. The number of thiazole rings is 1. The van der Waals surface area contributed by atoms with Gasteiger partial charge in [-0.05, 0) is 0 Å². The van der Waals surface area contributed by atoms with E-state index < -0.39 is 40.9 Å². The number of carbonyl (C=O) groups excluding carboxylic acids is 3. The number of carboxylic acid groups (broad SMARTS) is 1. The number of nitrogens with two attached hydrogens (primary N) is 1. The number of primary amides is 1. The molecule has 4 N–H and O–H groups in total. The lowest BCUT2D eigenvalue weighted by Crippen LogP contribution is -2.71. The fraction of sp³-hybridized carbons (Fsp3) is 0.152. The third kappa shape index (κ3) is 6.07. The van der Waals surface area contributed by atoms with Gasteiger partial charge in [-0.1, -0.05) is 96.2 Å². The smallest absolute Gasteiger partial charge is 0.404 e. The van der Waals surface area contributed by atoms with E-state index in [2.05, 4.69) is 15.5 Å². The third-order valence-electron chi connectivity index (χ3n) is 7.63. The average molecular weight is 670 g/mol. The van der Waals surface area contributed by atoms with E-state index in [1.165, 1.54) is 23.1 Å². The number of rotatable bonds is 11. The largest absolute Gasteiger partial charge is 0.477 e. The molecule has 0 spiro atoms. The second-order valence-electron chi connectivity index (χ2n) is 10.4. The number of hydrogen-bond acceptors (Lipinski definition) is 10. The normalized spacial score (nSPS) is 17.7. The Morgan fingerprint density at radius 3 is 2.04 bits per heavy atom. The molecule has 3 aromatic carbocycles. The lowest BCUT2D eigenvalue weighted by molar-refractivity contribution is -0.150. The molecule has 1 fully saturated rings. The zero-order chi connectivity index (χ0) is 33.0. The van der Waals surface area contributed by atoms with Crippen LogP contribution in [0, 0.1) is 0 Å². The van der Waals surface area contributed by atoms with Crippen LogP contribution in [0.25, 0.3) is 0 Å². The van der Waals surface area contributed by atoms with E-state index in [4.69, 9.17) is 15.3 Å². The Bertz CT molecular complexity index is 1760. The molecule has 1 aromatic heterocycles. The number of oxime groups is 1. The Labute approximate surface area is 276 Å². The summed E-state index contributed by atoms with van der Waals surface area (Å²) in [6.07, 6.45) is -1.07. The Morgan fingerprint density at radius 1 is 0.979 bits per heavy atom. The van der Waals surface area contributed by atoms with Crippen molar-refractivity contribution in [2.45, 2.75) is 17.0 Å². The van der Waals surface area contributed by atoms with Gasteiger partial charge in [-0.3, -0.25) is 14.5 Å². The van der Waals surface area contributed by atoms with E-state index in [0.29, 0.717) is 0 Å². The first-order valence-corrected chi connectivity index (χ1v) is 16.2. The van der Waals surface area contributed by atoms with Crippen molar-refractivity contribution in [3.8, 4) is 0 Å². The highest BCUT2D eigenvalue weighted by molar-refractivity contribution is 8.00. The summed E-state index contributed by atoms with van der Waals surface area (Å²) < 4.78 is 4.78. The summed E-state index contributed by atoms with van der Waals surface area (Å²) in [6, 6.07) is 27.4. The number of nitrogens with one attached hydrogen (secondary N) is 1. The van der Waals surface area contributed by atoms with Crippen LogP contribution in [0.1, 0.15) is 22.4 Å². The van der Waals surface area contributed by atoms with Crippen LogP contribution >= 0.6 is 23.1 Å². The van der Waals surface area contributed by atoms with E-state index in [1.807, 2.05) is 91.0 Å². The van der Waals surface area contributed by atoms with Crippen molar-refractivity contribution in [1.82, 2.24) is 15.2 Å². The fourth-order valence-corrected chi connectivity index (χ4v) is 7.35. The summed E-state index contributed by atoms with van der Waals surface area (Å²) in [5, 5.41) is 18.0. The highest BCUT2D eigenvalue weighted by atomic mass is 32.2. The molecule has 1 saturated heterocycles. The van der Waals surface area contributed by atoms with Gasteiger partial charge in [0.2, 0.25) is 5.60 Å². The predicted molar refractivity (Wildman–Crippen MR) is 174 cm³/mol. The Morgan fingerprint density at radius 2 is 1.55 bits per heavy atom. The van der Waals surface area contributed by atoms with Crippen molar-refractivity contribution in [3.63, 3.8) is 0 Å². The number of carbonyl (C=O) groups is 4. The minimum atomic E-state index is -1.37. The maximum atomic E-state index is 13.9. The molecule has 0 radical (unpaired) electrons. The lowest BCUT2D eigenvalue weighted by atomic mass is 9.80. The maximum absolute atomic E-state index is 13.9. The third-order valence-corrected chi connectivity index (χ3v) is 9.56. The molecule has 238 valence electrons. The molecule has 1 unspecified atom stereocenters. The van der Waals surface area contributed by atoms with E-state index >= 15 is 0 Å². The van der Waals surface area contributed by atoms with Gasteiger partial charge < -0.3 is 25.7 Å². The second kappa shape index (κ2) is 13.5. The molecule has 2 atom stereocenters. The van der Waals surface area contributed by atoms with Crippen LogP contribution in [-0.2, 0) is 29.6 Å². The summed E-state index contributed by atoms with van der Waals surface area (Å²) in [7, 11) is 0. The molecule has 47 heavy (non-hydrogen) atoms. The number of amides is 3. The van der Waals surface area contributed by atoms with Crippen LogP contribution in [0.5, 0.6) is 0 Å². The molecule has 0 bridgehead atoms. The summed E-state index contributed by atoms with van der Waals surface area (Å²) in [5.74, 6) is -2.61. The van der Waals surface area contributed by atoms with Gasteiger partial charge in [-0.25, -0.2) is 14.6 Å². The van der Waals surface area contributed by atoms with Crippen LogP contribution in [0.15, 0.2) is 118 Å². The van der Waals surface area contributed by atoms with Crippen molar-refractivity contribution in [2.24, 2.45) is 10.9 Å². The summed E-state index contributed by atoms with van der Waals surface area (Å²) >= 11 is 2.47. The van der Waals surface area contributed by atoms with E-state index in [9.17, 15) is 24.3 Å². The molecule has 0 saturated carbocycles. The van der Waals surface area contributed by atoms with Gasteiger partial charge in [0.05, 0.1) is 5.51 Å². The number of aromatic nitrogens is 1. The highest BCUT2D eigenvalue weighted by Gasteiger charge is 2.54. The van der Waals surface area contributed by atoms with Gasteiger partial charge in [0, 0.05) is 33.4 Å². The predicted octanol–water partition coefficient (Wildman–Crippen LogP) is 3.69. The van der Waals surface area contributed by atoms with Gasteiger partial charge in [0.25, 0.3) is 11.8 Å². The molecule has 12 nitrogen and oxygen atoms in total. The summed E-state index contributed by atoms with van der Waals surface area (Å²) in [6.45, 7) is -0.374. The van der Waals surface area contributed by atoms with Crippen molar-refractivity contribution in [2.75, 3.05) is 12.4 Å². The van der Waals surface area contributed by atoms with Gasteiger partial charge in [0.15, 0.2) is 5.71 Å². The van der Waals surface area contributed by atoms with Crippen LogP contribution in [0.3, 0.4) is 0 Å². The van der Waals surface area contributed by atoms with E-state index in [-0.39, 0.29) is 35.0 Å². The zero-order valence-electron chi connectivity index (χ0n) is 24.5. The number of nitrogens with zero attached hydrogens (tertiary/aromatic N) is 3. The van der Waals surface area contributed by atoms with Crippen LogP contribution in [-0.4, -0.2) is 68.4 Å². The number of ether oxygens (including phenoxy) is 1. The first-order chi connectivity index (χ1) is 22.8. The number of aliphatic carboxylic acids is 1. The van der Waals surface area contributed by atoms with Crippen LogP contribution in [0.2, 0.25) is 0 Å². The maximum Gasteiger partial charge on any atom is 0.404 e. The van der Waals surface area contributed by atoms with Crippen molar-refractivity contribution in [1.29, 1.82) is 0 Å². The molecule has 3 amide bonds. The molecule has 14 heteroatoms. The first-order valence-electron chi connectivity index (χ1n) is 14.3. The highest BCUT2D eigenvalue weighted by Crippen LogP contribution is 2.42. The Kier molecular flexibility index (Phi) is 9.04. The SMILES string of the molecule is NC(=O)OCC1=C(C(=O)O)N2C(=O)C(NC(=O)C(=NOC(c3ccccc3)(c3ccccc3)c3ccccc3)c3cscn3)[C@@H]2SC1. The lowest BCUT2D eigenvalue weighted by Gasteiger charge is -2.49. The monoisotopic (exact) mass is 669 g/mol. The van der Waals surface area contributed by atoms with Gasteiger partial charge >= 0.3 is 12.1 Å². The van der Waals surface area contributed by atoms with Crippen LogP contribution in [0.4, 0.5) is 4.79 Å². The van der Waals surface area contributed by atoms with Crippen molar-refractivity contribution in [3.05, 3.63) is 136 Å². The molecule has 0 aliphatic carbocycles. The molecular formula is C33H27N5O7S2. The second-order valence-corrected chi connectivity index (χ2v) is 12.2. The van der Waals surface area contributed by atoms with Gasteiger partial charge in [0.1, 0.15) is 29.4 Å². The minimum absolute atomic E-state index is 0.139. The van der Waals surface area contributed by atoms with Crippen LogP contribution < -0.4 is 11.1 Å². The molecular weight excluding hydrogens is 643 g/mol. The number of benzene rings is 3. The molecule has 6 rings (SSSR count). The Hall–Kier alpha value is -5.47. The fourth-order valence-electron chi connectivity index (χ4n) is 5.49.